The van der Waals surface area contributed by atoms with E-state index in [1.807, 2.05) is 19.1 Å². The maximum Gasteiger partial charge on any atom is 0.438 e. The minimum Gasteiger partial charge on any atom is -0.483 e. The Morgan fingerprint density at radius 3 is 2.31 bits per heavy atom. The van der Waals surface area contributed by atoms with Crippen molar-refractivity contribution in [2.75, 3.05) is 6.61 Å². The Labute approximate surface area is 166 Å². The Kier molecular flexibility index (Phi) is 5.40. The van der Waals surface area contributed by atoms with Gasteiger partial charge in [-0.15, -0.1) is 0 Å². The van der Waals surface area contributed by atoms with Gasteiger partial charge in [-0.25, -0.2) is 0 Å². The van der Waals surface area contributed by atoms with E-state index in [-0.39, 0.29) is 10.7 Å². The van der Waals surface area contributed by atoms with Crippen molar-refractivity contribution in [1.82, 2.24) is 5.01 Å². The summed E-state index contributed by atoms with van der Waals surface area (Å²) in [6, 6.07) is 11.8. The van der Waals surface area contributed by atoms with Gasteiger partial charge in [0.2, 0.25) is 0 Å². The molecule has 0 aromatic heterocycles. The first kappa shape index (κ1) is 20.9. The van der Waals surface area contributed by atoms with Crippen molar-refractivity contribution in [2.24, 2.45) is 5.10 Å². The van der Waals surface area contributed by atoms with E-state index in [9.17, 15) is 23.1 Å². The molecule has 2 aromatic rings. The molecule has 5 nitrogen and oxygen atoms in total. The van der Waals surface area contributed by atoms with Gasteiger partial charge in [0.05, 0.1) is 12.1 Å². The number of nitrogens with zero attached hydrogens (tertiary/aromatic N) is 2. The van der Waals surface area contributed by atoms with Crippen LogP contribution in [0.4, 0.5) is 13.2 Å². The minimum absolute atomic E-state index is 0.0264. The minimum atomic E-state index is -5.08. The molecule has 0 spiro atoms. The van der Waals surface area contributed by atoms with Crippen LogP contribution in [0.25, 0.3) is 0 Å². The summed E-state index contributed by atoms with van der Waals surface area (Å²) >= 11 is 0. The van der Waals surface area contributed by atoms with Gasteiger partial charge in [-0.1, -0.05) is 48.0 Å². The number of benzene rings is 2. The first-order valence-corrected chi connectivity index (χ1v) is 8.98. The van der Waals surface area contributed by atoms with E-state index in [0.29, 0.717) is 11.3 Å². The van der Waals surface area contributed by atoms with Crippen molar-refractivity contribution < 1.29 is 27.8 Å². The van der Waals surface area contributed by atoms with E-state index in [2.05, 4.69) is 5.10 Å². The normalized spacial score (nSPS) is 19.3. The second kappa shape index (κ2) is 7.51. The lowest BCUT2D eigenvalue weighted by atomic mass is 10.0. The van der Waals surface area contributed by atoms with Crippen molar-refractivity contribution in [2.45, 2.75) is 39.1 Å². The highest BCUT2D eigenvalue weighted by molar-refractivity contribution is 6.03. The number of aliphatic hydroxyl groups is 1. The van der Waals surface area contributed by atoms with E-state index in [4.69, 9.17) is 4.74 Å². The summed E-state index contributed by atoms with van der Waals surface area (Å²) < 4.78 is 46.4. The maximum absolute atomic E-state index is 13.6. The molecule has 0 unspecified atom stereocenters. The first-order valence-electron chi connectivity index (χ1n) is 8.98. The Bertz CT molecular complexity index is 934. The molecule has 0 aliphatic carbocycles. The highest BCUT2D eigenvalue weighted by atomic mass is 19.4. The molecule has 0 bridgehead atoms. The van der Waals surface area contributed by atoms with Gasteiger partial charge in [0.1, 0.15) is 5.75 Å². The number of rotatable bonds is 4. The lowest BCUT2D eigenvalue weighted by Gasteiger charge is -2.32. The van der Waals surface area contributed by atoms with E-state index in [1.54, 1.807) is 44.2 Å². The lowest BCUT2D eigenvalue weighted by Crippen LogP contribution is -2.57. The maximum atomic E-state index is 13.6. The molecule has 0 fully saturated rings. The van der Waals surface area contributed by atoms with Crippen LogP contribution in [0.2, 0.25) is 0 Å². The van der Waals surface area contributed by atoms with Crippen LogP contribution in [0.15, 0.2) is 47.6 Å². The summed E-state index contributed by atoms with van der Waals surface area (Å²) in [6.07, 6.45) is -5.94. The average Bonchev–Trinajstić information content (AvgIpc) is 3.00. The Morgan fingerprint density at radius 2 is 1.76 bits per heavy atom. The monoisotopic (exact) mass is 406 g/mol. The molecule has 0 radical (unpaired) electrons. The molecule has 8 heteroatoms. The van der Waals surface area contributed by atoms with Gasteiger partial charge in [-0.05, 0) is 37.5 Å². The fourth-order valence-electron chi connectivity index (χ4n) is 3.41. The fraction of sp³-hybridized carbons (Fsp3) is 0.333. The summed E-state index contributed by atoms with van der Waals surface area (Å²) in [5.41, 5.74) is -0.525. The van der Waals surface area contributed by atoms with Crippen molar-refractivity contribution >= 4 is 11.6 Å². The molecule has 1 heterocycles. The molecule has 1 atom stereocenters. The van der Waals surface area contributed by atoms with E-state index in [0.717, 1.165) is 16.7 Å². The predicted molar refractivity (Wildman–Crippen MR) is 102 cm³/mol. The van der Waals surface area contributed by atoms with Crippen LogP contribution in [0, 0.1) is 20.8 Å². The lowest BCUT2D eigenvalue weighted by molar-refractivity contribution is -0.302. The molecule has 0 saturated heterocycles. The van der Waals surface area contributed by atoms with Gasteiger partial charge < -0.3 is 9.84 Å². The zero-order valence-corrected chi connectivity index (χ0v) is 16.2. The van der Waals surface area contributed by atoms with Crippen molar-refractivity contribution in [3.63, 3.8) is 0 Å². The summed E-state index contributed by atoms with van der Waals surface area (Å²) in [7, 11) is 0. The van der Waals surface area contributed by atoms with Crippen LogP contribution in [0.5, 0.6) is 5.75 Å². The predicted octanol–water partition coefficient (Wildman–Crippen LogP) is 3.88. The van der Waals surface area contributed by atoms with Gasteiger partial charge >= 0.3 is 6.18 Å². The zero-order chi connectivity index (χ0) is 21.4. The van der Waals surface area contributed by atoms with Crippen LogP contribution in [0.3, 0.4) is 0 Å². The Hall–Kier alpha value is -2.87. The number of hydrogen-bond donors (Lipinski definition) is 1. The van der Waals surface area contributed by atoms with E-state index < -0.39 is 30.8 Å². The number of halogens is 3. The third-order valence-electron chi connectivity index (χ3n) is 4.73. The number of carbonyl (C=O) groups is 1. The van der Waals surface area contributed by atoms with Crippen LogP contribution in [-0.4, -0.2) is 40.2 Å². The third kappa shape index (κ3) is 3.98. The van der Waals surface area contributed by atoms with Gasteiger partial charge in [-0.3, -0.25) is 4.79 Å². The molecule has 1 amide bonds. The standard InChI is InChI=1S/C21H21F3N2O3/c1-13-9-14(2)19(15(3)10-13)29-12-18(27)26-20(28,21(22,23)24)11-17(25-26)16-7-5-4-6-8-16/h4-10,28H,11-12H2,1-3H3/t20-/m1/s1. The van der Waals surface area contributed by atoms with Gasteiger partial charge in [-0.2, -0.15) is 23.3 Å². The van der Waals surface area contributed by atoms with Crippen molar-refractivity contribution in [1.29, 1.82) is 0 Å². The fourth-order valence-corrected chi connectivity index (χ4v) is 3.41. The first-order chi connectivity index (χ1) is 13.5. The zero-order valence-electron chi connectivity index (χ0n) is 16.2. The average molecular weight is 406 g/mol. The number of hydrogen-bond acceptors (Lipinski definition) is 4. The summed E-state index contributed by atoms with van der Waals surface area (Å²) in [6.45, 7) is 4.79. The van der Waals surface area contributed by atoms with Crippen molar-refractivity contribution in [3.05, 3.63) is 64.7 Å². The van der Waals surface area contributed by atoms with Crippen LogP contribution in [-0.2, 0) is 4.79 Å². The molecule has 1 N–H and O–H groups in total. The Morgan fingerprint density at radius 1 is 1.17 bits per heavy atom. The molecule has 1 aliphatic heterocycles. The second-order valence-corrected chi connectivity index (χ2v) is 7.13. The van der Waals surface area contributed by atoms with E-state index in [1.165, 1.54) is 0 Å². The number of amides is 1. The van der Waals surface area contributed by atoms with Gasteiger partial charge in [0.15, 0.2) is 6.61 Å². The molecular formula is C21H21F3N2O3. The molecule has 0 saturated carbocycles. The highest BCUT2D eigenvalue weighted by Crippen LogP contribution is 2.41. The second-order valence-electron chi connectivity index (χ2n) is 7.13. The Balaban J connectivity index is 1.87. The third-order valence-corrected chi connectivity index (χ3v) is 4.73. The van der Waals surface area contributed by atoms with Crippen LogP contribution >= 0.6 is 0 Å². The summed E-state index contributed by atoms with van der Waals surface area (Å²) in [4.78, 5) is 12.6. The van der Waals surface area contributed by atoms with E-state index >= 15 is 0 Å². The highest BCUT2D eigenvalue weighted by Gasteiger charge is 2.63. The number of aryl methyl sites for hydroxylation is 3. The largest absolute Gasteiger partial charge is 0.483 e. The summed E-state index contributed by atoms with van der Waals surface area (Å²) in [5.74, 6) is -0.666. The molecule has 1 aliphatic rings. The molecular weight excluding hydrogens is 385 g/mol. The summed E-state index contributed by atoms with van der Waals surface area (Å²) in [5, 5.41) is 14.2. The number of hydrazone groups is 1. The molecule has 29 heavy (non-hydrogen) atoms. The molecule has 3 rings (SSSR count). The van der Waals surface area contributed by atoms with Crippen LogP contribution < -0.4 is 4.74 Å². The number of ether oxygens (including phenoxy) is 1. The van der Waals surface area contributed by atoms with Gasteiger partial charge in [0, 0.05) is 0 Å². The molecule has 2 aromatic carbocycles. The number of alkyl halides is 3. The topological polar surface area (TPSA) is 62.1 Å². The van der Waals surface area contributed by atoms with Crippen LogP contribution in [0.1, 0.15) is 28.7 Å². The number of carbonyl (C=O) groups excluding carboxylic acids is 1. The quantitative estimate of drug-likeness (QED) is 0.838. The smallest absolute Gasteiger partial charge is 0.438 e. The SMILES string of the molecule is Cc1cc(C)c(OCC(=O)N2N=C(c3ccccc3)C[C@@]2(O)C(F)(F)F)c(C)c1. The van der Waals surface area contributed by atoms with Gasteiger partial charge in [0.25, 0.3) is 11.6 Å². The van der Waals surface area contributed by atoms with Crippen molar-refractivity contribution in [3.8, 4) is 5.75 Å². The molecule has 154 valence electrons.